The highest BCUT2D eigenvalue weighted by molar-refractivity contribution is 5.68. The third-order valence-electron chi connectivity index (χ3n) is 3.70. The van der Waals surface area contributed by atoms with Gasteiger partial charge in [-0.1, -0.05) is 12.8 Å². The molecule has 0 amide bonds. The fourth-order valence-electron chi connectivity index (χ4n) is 2.96. The highest BCUT2D eigenvalue weighted by atomic mass is 16.5. The molecule has 0 aromatic heterocycles. The van der Waals surface area contributed by atoms with Crippen LogP contribution >= 0.6 is 0 Å². The predicted molar refractivity (Wildman–Crippen MR) is 55.8 cm³/mol. The third kappa shape index (κ3) is 2.32. The van der Waals surface area contributed by atoms with Crippen molar-refractivity contribution in [2.24, 2.45) is 0 Å². The molecule has 0 spiro atoms. The molecular formula is C11H19NO3. The van der Waals surface area contributed by atoms with Crippen LogP contribution in [0.25, 0.3) is 0 Å². The van der Waals surface area contributed by atoms with Gasteiger partial charge in [0, 0.05) is 18.6 Å². The number of rotatable bonds is 3. The summed E-state index contributed by atoms with van der Waals surface area (Å²) in [6, 6.07) is 0. The normalized spacial score (nSPS) is 26.7. The first-order valence-electron chi connectivity index (χ1n) is 5.78. The number of morpholine rings is 1. The Labute approximate surface area is 90.2 Å². The minimum atomic E-state index is -0.664. The van der Waals surface area contributed by atoms with Crippen LogP contribution in [0.15, 0.2) is 0 Å². The van der Waals surface area contributed by atoms with E-state index in [2.05, 4.69) is 4.90 Å². The monoisotopic (exact) mass is 213 g/mol. The Morgan fingerprint density at radius 2 is 1.87 bits per heavy atom. The Morgan fingerprint density at radius 1 is 1.27 bits per heavy atom. The van der Waals surface area contributed by atoms with Gasteiger partial charge in [0.2, 0.25) is 0 Å². The van der Waals surface area contributed by atoms with Gasteiger partial charge in [0.1, 0.15) is 0 Å². The molecule has 1 saturated carbocycles. The molecule has 0 bridgehead atoms. The van der Waals surface area contributed by atoms with Crippen LogP contribution in [-0.2, 0) is 9.53 Å². The van der Waals surface area contributed by atoms with Crippen molar-refractivity contribution in [1.29, 1.82) is 0 Å². The van der Waals surface area contributed by atoms with E-state index in [9.17, 15) is 4.79 Å². The van der Waals surface area contributed by atoms with Crippen molar-refractivity contribution in [3.63, 3.8) is 0 Å². The average molecular weight is 213 g/mol. The molecule has 0 unspecified atom stereocenters. The lowest BCUT2D eigenvalue weighted by atomic mass is 9.90. The van der Waals surface area contributed by atoms with Gasteiger partial charge >= 0.3 is 5.97 Å². The number of ether oxygens (including phenoxy) is 1. The van der Waals surface area contributed by atoms with Crippen LogP contribution in [0.4, 0.5) is 0 Å². The second-order valence-corrected chi connectivity index (χ2v) is 4.60. The van der Waals surface area contributed by atoms with Crippen LogP contribution in [0.1, 0.15) is 32.1 Å². The highest BCUT2D eigenvalue weighted by Crippen LogP contribution is 2.38. The maximum atomic E-state index is 10.9. The first-order valence-corrected chi connectivity index (χ1v) is 5.78. The van der Waals surface area contributed by atoms with Gasteiger partial charge in [-0.3, -0.25) is 9.69 Å². The lowest BCUT2D eigenvalue weighted by Crippen LogP contribution is -2.52. The quantitative estimate of drug-likeness (QED) is 0.763. The van der Waals surface area contributed by atoms with Gasteiger partial charge in [0.05, 0.1) is 19.6 Å². The zero-order valence-corrected chi connectivity index (χ0v) is 9.07. The SMILES string of the molecule is O=C(O)CC1(N2CCOCC2)CCCC1. The molecule has 1 N–H and O–H groups in total. The van der Waals surface area contributed by atoms with Gasteiger partial charge < -0.3 is 9.84 Å². The van der Waals surface area contributed by atoms with Gasteiger partial charge in [0.25, 0.3) is 0 Å². The molecule has 0 aromatic carbocycles. The largest absolute Gasteiger partial charge is 0.481 e. The molecule has 1 aliphatic heterocycles. The Hall–Kier alpha value is -0.610. The zero-order valence-electron chi connectivity index (χ0n) is 9.07. The molecule has 15 heavy (non-hydrogen) atoms. The number of carboxylic acids is 1. The maximum Gasteiger partial charge on any atom is 0.305 e. The van der Waals surface area contributed by atoms with Gasteiger partial charge in [-0.15, -0.1) is 0 Å². The maximum absolute atomic E-state index is 10.9. The molecule has 2 rings (SSSR count). The standard InChI is InChI=1S/C11H19NO3/c13-10(14)9-11(3-1-2-4-11)12-5-7-15-8-6-12/h1-9H2,(H,13,14). The molecule has 1 aliphatic carbocycles. The zero-order chi connectivity index (χ0) is 10.7. The molecule has 4 heteroatoms. The highest BCUT2D eigenvalue weighted by Gasteiger charge is 2.41. The van der Waals surface area contributed by atoms with Crippen LogP contribution in [0.2, 0.25) is 0 Å². The molecule has 86 valence electrons. The second kappa shape index (κ2) is 4.49. The van der Waals surface area contributed by atoms with Gasteiger partial charge in [-0.05, 0) is 12.8 Å². The van der Waals surface area contributed by atoms with Crippen molar-refractivity contribution in [3.05, 3.63) is 0 Å². The summed E-state index contributed by atoms with van der Waals surface area (Å²) < 4.78 is 5.32. The molecule has 4 nitrogen and oxygen atoms in total. The summed E-state index contributed by atoms with van der Waals surface area (Å²) in [5, 5.41) is 9.01. The first kappa shape index (κ1) is 10.9. The Kier molecular flexibility index (Phi) is 3.26. The molecular weight excluding hydrogens is 194 g/mol. The summed E-state index contributed by atoms with van der Waals surface area (Å²) in [4.78, 5) is 13.3. The second-order valence-electron chi connectivity index (χ2n) is 4.60. The average Bonchev–Trinajstić information content (AvgIpc) is 2.68. The first-order chi connectivity index (χ1) is 7.23. The van der Waals surface area contributed by atoms with E-state index in [0.717, 1.165) is 39.1 Å². The fourth-order valence-corrected chi connectivity index (χ4v) is 2.96. The topological polar surface area (TPSA) is 49.8 Å². The number of hydrogen-bond acceptors (Lipinski definition) is 3. The third-order valence-corrected chi connectivity index (χ3v) is 3.70. The van der Waals surface area contributed by atoms with Crippen molar-refractivity contribution in [2.45, 2.75) is 37.6 Å². The summed E-state index contributed by atoms with van der Waals surface area (Å²) in [6.45, 7) is 3.29. The van der Waals surface area contributed by atoms with E-state index in [1.165, 1.54) is 12.8 Å². The Balaban J connectivity index is 2.06. The Bertz CT molecular complexity index is 230. The molecule has 1 heterocycles. The van der Waals surface area contributed by atoms with E-state index in [1.54, 1.807) is 0 Å². The summed E-state index contributed by atoms with van der Waals surface area (Å²) in [6.07, 6.45) is 4.72. The summed E-state index contributed by atoms with van der Waals surface area (Å²) in [5.74, 6) is -0.664. The van der Waals surface area contributed by atoms with E-state index < -0.39 is 5.97 Å². The number of nitrogens with zero attached hydrogens (tertiary/aromatic N) is 1. The minimum Gasteiger partial charge on any atom is -0.481 e. The van der Waals surface area contributed by atoms with Crippen molar-refractivity contribution in [3.8, 4) is 0 Å². The summed E-state index contributed by atoms with van der Waals surface area (Å²) in [5.41, 5.74) is -0.0599. The van der Waals surface area contributed by atoms with E-state index in [4.69, 9.17) is 9.84 Å². The van der Waals surface area contributed by atoms with Crippen LogP contribution in [0, 0.1) is 0 Å². The number of carbonyl (C=O) groups is 1. The summed E-state index contributed by atoms with van der Waals surface area (Å²) in [7, 11) is 0. The minimum absolute atomic E-state index is 0.0599. The van der Waals surface area contributed by atoms with Gasteiger partial charge in [-0.2, -0.15) is 0 Å². The van der Waals surface area contributed by atoms with Crippen LogP contribution in [-0.4, -0.2) is 47.8 Å². The molecule has 0 atom stereocenters. The van der Waals surface area contributed by atoms with Crippen molar-refractivity contribution >= 4 is 5.97 Å². The summed E-state index contributed by atoms with van der Waals surface area (Å²) >= 11 is 0. The predicted octanol–water partition coefficient (Wildman–Crippen LogP) is 1.11. The lowest BCUT2D eigenvalue weighted by molar-refractivity contribution is -0.141. The van der Waals surface area contributed by atoms with Crippen molar-refractivity contribution in [2.75, 3.05) is 26.3 Å². The van der Waals surface area contributed by atoms with E-state index >= 15 is 0 Å². The molecule has 2 aliphatic rings. The van der Waals surface area contributed by atoms with E-state index in [-0.39, 0.29) is 5.54 Å². The lowest BCUT2D eigenvalue weighted by Gasteiger charge is -2.42. The van der Waals surface area contributed by atoms with Crippen molar-refractivity contribution < 1.29 is 14.6 Å². The van der Waals surface area contributed by atoms with Crippen LogP contribution in [0.5, 0.6) is 0 Å². The van der Waals surface area contributed by atoms with Crippen LogP contribution in [0.3, 0.4) is 0 Å². The fraction of sp³-hybridized carbons (Fsp3) is 0.909. The number of carboxylic acid groups (broad SMARTS) is 1. The van der Waals surface area contributed by atoms with Gasteiger partial charge in [0.15, 0.2) is 0 Å². The van der Waals surface area contributed by atoms with E-state index in [1.807, 2.05) is 0 Å². The number of hydrogen-bond donors (Lipinski definition) is 1. The molecule has 2 fully saturated rings. The smallest absolute Gasteiger partial charge is 0.305 e. The molecule has 1 saturated heterocycles. The van der Waals surface area contributed by atoms with Crippen molar-refractivity contribution in [1.82, 2.24) is 4.90 Å². The van der Waals surface area contributed by atoms with E-state index in [0.29, 0.717) is 6.42 Å². The van der Waals surface area contributed by atoms with Crippen LogP contribution < -0.4 is 0 Å². The number of aliphatic carboxylic acids is 1. The molecule has 0 radical (unpaired) electrons. The Morgan fingerprint density at radius 3 is 2.40 bits per heavy atom. The molecule has 0 aromatic rings. The van der Waals surface area contributed by atoms with Gasteiger partial charge in [-0.25, -0.2) is 0 Å².